The molecule has 0 unspecified atom stereocenters. The molecule has 8 heteroatoms. The van der Waals surface area contributed by atoms with Crippen LogP contribution in [0.1, 0.15) is 0 Å². The number of nitro groups is 1. The summed E-state index contributed by atoms with van der Waals surface area (Å²) in [5, 5.41) is 15.0. The molecule has 1 aromatic carbocycles. The summed E-state index contributed by atoms with van der Waals surface area (Å²) in [5.41, 5.74) is 0.337. The van der Waals surface area contributed by atoms with Crippen LogP contribution in [0.25, 0.3) is 22.4 Å². The van der Waals surface area contributed by atoms with E-state index in [0.29, 0.717) is 10.6 Å². The van der Waals surface area contributed by atoms with Gasteiger partial charge >= 0.3 is 5.69 Å². The van der Waals surface area contributed by atoms with Crippen molar-refractivity contribution >= 4 is 34.2 Å². The molecular weight excluding hydrogens is 296 g/mol. The number of anilines is 1. The second-order valence-electron chi connectivity index (χ2n) is 4.20. The zero-order valence-corrected chi connectivity index (χ0v) is 11.6. The van der Waals surface area contributed by atoms with E-state index >= 15 is 0 Å². The van der Waals surface area contributed by atoms with Crippen LogP contribution < -0.4 is 5.32 Å². The molecule has 21 heavy (non-hydrogen) atoms. The Bertz CT molecular complexity index is 847. The second-order valence-corrected chi connectivity index (χ2v) is 4.61. The molecule has 0 aliphatic carbocycles. The number of nitrogens with zero attached hydrogens (tertiary/aromatic N) is 3. The third-order valence-corrected chi connectivity index (χ3v) is 3.22. The number of nitrogens with one attached hydrogen (secondary N) is 1. The molecule has 106 valence electrons. The summed E-state index contributed by atoms with van der Waals surface area (Å²) in [6.07, 6.45) is 1.14. The molecule has 0 amide bonds. The van der Waals surface area contributed by atoms with Crippen LogP contribution in [0.4, 0.5) is 11.6 Å². The Labute approximate surface area is 123 Å². The number of rotatable bonds is 3. The summed E-state index contributed by atoms with van der Waals surface area (Å²) in [4.78, 5) is 18.5. The van der Waals surface area contributed by atoms with Crippen molar-refractivity contribution in [3.8, 4) is 11.5 Å². The van der Waals surface area contributed by atoms with Gasteiger partial charge in [-0.25, -0.2) is 9.97 Å². The number of aromatic nitrogens is 2. The zero-order chi connectivity index (χ0) is 15.0. The first-order chi connectivity index (χ1) is 10.1. The minimum absolute atomic E-state index is 0.103. The molecule has 3 rings (SSSR count). The van der Waals surface area contributed by atoms with E-state index in [1.54, 1.807) is 31.3 Å². The average molecular weight is 305 g/mol. The van der Waals surface area contributed by atoms with Crippen molar-refractivity contribution in [1.82, 2.24) is 9.97 Å². The molecule has 7 nitrogen and oxygen atoms in total. The number of hydrogen-bond acceptors (Lipinski definition) is 6. The first-order valence-corrected chi connectivity index (χ1v) is 6.35. The molecule has 3 aromatic rings. The third-order valence-electron chi connectivity index (χ3n) is 2.92. The maximum atomic E-state index is 11.1. The van der Waals surface area contributed by atoms with Gasteiger partial charge in [0.1, 0.15) is 6.20 Å². The number of furan rings is 1. The van der Waals surface area contributed by atoms with E-state index in [1.165, 1.54) is 0 Å². The topological polar surface area (TPSA) is 94.1 Å². The molecule has 0 aliphatic heterocycles. The van der Waals surface area contributed by atoms with E-state index in [9.17, 15) is 10.1 Å². The fourth-order valence-electron chi connectivity index (χ4n) is 1.96. The van der Waals surface area contributed by atoms with Crippen LogP contribution in [-0.4, -0.2) is 21.9 Å². The number of halogens is 1. The first kappa shape index (κ1) is 13.3. The van der Waals surface area contributed by atoms with Crippen LogP contribution in [-0.2, 0) is 0 Å². The van der Waals surface area contributed by atoms with Crippen LogP contribution >= 0.6 is 11.6 Å². The average Bonchev–Trinajstić information content (AvgIpc) is 2.92. The van der Waals surface area contributed by atoms with E-state index in [0.717, 1.165) is 11.6 Å². The Morgan fingerprint density at radius 1 is 1.43 bits per heavy atom. The van der Waals surface area contributed by atoms with Crippen molar-refractivity contribution < 1.29 is 9.34 Å². The number of hydrogen-bond donors (Lipinski definition) is 1. The monoisotopic (exact) mass is 304 g/mol. The Hall–Kier alpha value is -2.67. The fraction of sp³-hybridized carbons (Fsp3) is 0.0769. The van der Waals surface area contributed by atoms with E-state index in [4.69, 9.17) is 16.0 Å². The van der Waals surface area contributed by atoms with Gasteiger partial charge in [-0.2, -0.15) is 0 Å². The van der Waals surface area contributed by atoms with Gasteiger partial charge in [-0.1, -0.05) is 23.7 Å². The number of fused-ring (bicyclic) bond motifs is 1. The summed E-state index contributed by atoms with van der Waals surface area (Å²) >= 11 is 6.05. The van der Waals surface area contributed by atoms with Crippen molar-refractivity contribution in [2.45, 2.75) is 0 Å². The van der Waals surface area contributed by atoms with Crippen molar-refractivity contribution in [3.63, 3.8) is 0 Å². The van der Waals surface area contributed by atoms with Crippen molar-refractivity contribution in [1.29, 1.82) is 0 Å². The summed E-state index contributed by atoms with van der Waals surface area (Å²) < 4.78 is 5.62. The van der Waals surface area contributed by atoms with E-state index in [2.05, 4.69) is 15.3 Å². The highest BCUT2D eigenvalue weighted by atomic mass is 35.5. The number of para-hydroxylation sites is 1. The molecule has 0 saturated heterocycles. The molecule has 0 radical (unpaired) electrons. The Balaban J connectivity index is 2.25. The Morgan fingerprint density at radius 3 is 2.90 bits per heavy atom. The van der Waals surface area contributed by atoms with Crippen molar-refractivity contribution in [2.75, 3.05) is 12.4 Å². The second kappa shape index (κ2) is 5.02. The first-order valence-electron chi connectivity index (χ1n) is 5.98. The predicted molar refractivity (Wildman–Crippen MR) is 78.5 cm³/mol. The normalized spacial score (nSPS) is 10.8. The summed E-state index contributed by atoms with van der Waals surface area (Å²) in [6, 6.07) is 6.93. The number of benzene rings is 1. The van der Waals surface area contributed by atoms with Gasteiger partial charge in [-0.3, -0.25) is 10.1 Å². The van der Waals surface area contributed by atoms with Gasteiger partial charge in [0, 0.05) is 12.4 Å². The Morgan fingerprint density at radius 2 is 2.24 bits per heavy atom. The van der Waals surface area contributed by atoms with E-state index in [-0.39, 0.29) is 23.1 Å². The minimum atomic E-state index is -0.552. The van der Waals surface area contributed by atoms with Crippen LogP contribution in [0.5, 0.6) is 0 Å². The van der Waals surface area contributed by atoms with Crippen LogP contribution in [0.15, 0.2) is 34.9 Å². The smallest absolute Gasteiger partial charge is 0.317 e. The standard InChI is InChI=1S/C13H9ClN4O3/c1-15-13-16-6-9(18(19)20)11(17-13)10-5-7-3-2-4-8(14)12(7)21-10/h2-6H,1H3,(H,15,16,17). The van der Waals surface area contributed by atoms with Gasteiger partial charge < -0.3 is 9.73 Å². The van der Waals surface area contributed by atoms with Crippen LogP contribution in [0.3, 0.4) is 0 Å². The van der Waals surface area contributed by atoms with E-state index < -0.39 is 4.92 Å². The van der Waals surface area contributed by atoms with Gasteiger partial charge in [-0.05, 0) is 12.1 Å². The maximum absolute atomic E-state index is 11.1. The molecule has 0 spiro atoms. The molecular formula is C13H9ClN4O3. The van der Waals surface area contributed by atoms with Crippen LogP contribution in [0, 0.1) is 10.1 Å². The molecule has 0 aliphatic rings. The molecule has 0 atom stereocenters. The lowest BCUT2D eigenvalue weighted by molar-refractivity contribution is -0.384. The third kappa shape index (κ3) is 2.27. The van der Waals surface area contributed by atoms with E-state index in [1.807, 2.05) is 0 Å². The van der Waals surface area contributed by atoms with Crippen molar-refractivity contribution in [3.05, 3.63) is 45.6 Å². The Kier molecular flexibility index (Phi) is 3.19. The lowest BCUT2D eigenvalue weighted by Gasteiger charge is -2.01. The fourth-order valence-corrected chi connectivity index (χ4v) is 2.18. The molecule has 1 N–H and O–H groups in total. The minimum Gasteiger partial charge on any atom is -0.453 e. The highest BCUT2D eigenvalue weighted by Crippen LogP contribution is 2.35. The van der Waals surface area contributed by atoms with Gasteiger partial charge in [0.25, 0.3) is 0 Å². The lowest BCUT2D eigenvalue weighted by Crippen LogP contribution is -2.01. The highest BCUT2D eigenvalue weighted by Gasteiger charge is 2.22. The molecule has 2 heterocycles. The maximum Gasteiger partial charge on any atom is 0.317 e. The van der Waals surface area contributed by atoms with Gasteiger partial charge in [-0.15, -0.1) is 0 Å². The predicted octanol–water partition coefficient (Wildman–Crippen LogP) is 3.49. The zero-order valence-electron chi connectivity index (χ0n) is 10.8. The largest absolute Gasteiger partial charge is 0.453 e. The molecule has 0 bridgehead atoms. The SMILES string of the molecule is CNc1ncc([N+](=O)[O-])c(-c2cc3cccc(Cl)c3o2)n1. The lowest BCUT2D eigenvalue weighted by atomic mass is 10.2. The van der Waals surface area contributed by atoms with Gasteiger partial charge in [0.2, 0.25) is 5.95 Å². The van der Waals surface area contributed by atoms with Crippen LogP contribution in [0.2, 0.25) is 5.02 Å². The summed E-state index contributed by atoms with van der Waals surface area (Å²) in [7, 11) is 1.63. The molecule has 0 fully saturated rings. The quantitative estimate of drug-likeness (QED) is 0.588. The van der Waals surface area contributed by atoms with Gasteiger partial charge in [0.15, 0.2) is 17.0 Å². The van der Waals surface area contributed by atoms with Gasteiger partial charge in [0.05, 0.1) is 9.95 Å². The molecule has 0 saturated carbocycles. The highest BCUT2D eigenvalue weighted by molar-refractivity contribution is 6.34. The molecule has 2 aromatic heterocycles. The summed E-state index contributed by atoms with van der Waals surface area (Å²) in [5.74, 6) is 0.533. The van der Waals surface area contributed by atoms with Crippen molar-refractivity contribution in [2.24, 2.45) is 0 Å². The summed E-state index contributed by atoms with van der Waals surface area (Å²) in [6.45, 7) is 0.